The normalized spacial score (nSPS) is 10.8. The zero-order chi connectivity index (χ0) is 23.3. The van der Waals surface area contributed by atoms with Gasteiger partial charge in [0.15, 0.2) is 0 Å². The Bertz CT molecular complexity index is 1270. The van der Waals surface area contributed by atoms with Gasteiger partial charge in [0, 0.05) is 23.8 Å². The largest absolute Gasteiger partial charge is 0.495 e. The van der Waals surface area contributed by atoms with E-state index in [-0.39, 0.29) is 34.0 Å². The first-order valence-electron chi connectivity index (χ1n) is 9.01. The second-order valence-electron chi connectivity index (χ2n) is 6.35. The number of nitrogens with one attached hydrogen (secondary N) is 1. The molecule has 2 N–H and O–H groups in total. The number of carbonyl (C=O) groups is 2. The molecule has 0 saturated heterocycles. The Balaban J connectivity index is 1.83. The van der Waals surface area contributed by atoms with Crippen molar-refractivity contribution in [3.8, 4) is 23.1 Å². The summed E-state index contributed by atoms with van der Waals surface area (Å²) >= 11 is 0. The minimum atomic E-state index is -1.05. The van der Waals surface area contributed by atoms with Gasteiger partial charge < -0.3 is 19.6 Å². The quantitative estimate of drug-likeness (QED) is 0.244. The van der Waals surface area contributed by atoms with Gasteiger partial charge in [0.25, 0.3) is 11.6 Å². The third-order valence-electron chi connectivity index (χ3n) is 4.34. The number of non-ortho nitro benzene ring substituents is 1. The van der Waals surface area contributed by atoms with Crippen molar-refractivity contribution in [3.63, 3.8) is 0 Å². The fourth-order valence-electron chi connectivity index (χ4n) is 2.75. The van der Waals surface area contributed by atoms with E-state index in [2.05, 4.69) is 5.32 Å². The summed E-state index contributed by atoms with van der Waals surface area (Å²) < 4.78 is 10.7. The van der Waals surface area contributed by atoms with Crippen LogP contribution in [0.25, 0.3) is 17.4 Å². The number of hydrogen-bond acceptors (Lipinski definition) is 7. The van der Waals surface area contributed by atoms with Crippen molar-refractivity contribution in [2.75, 3.05) is 12.4 Å². The molecule has 1 amide bonds. The van der Waals surface area contributed by atoms with Gasteiger partial charge in [-0.05, 0) is 30.3 Å². The number of ether oxygens (including phenoxy) is 1. The molecule has 0 aliphatic rings. The predicted molar refractivity (Wildman–Crippen MR) is 113 cm³/mol. The van der Waals surface area contributed by atoms with Crippen LogP contribution in [0.3, 0.4) is 0 Å². The molecule has 0 unspecified atom stereocenters. The third kappa shape index (κ3) is 4.80. The molecule has 2 aromatic carbocycles. The number of carbonyl (C=O) groups excluding carboxylic acids is 1. The first-order chi connectivity index (χ1) is 15.3. The maximum absolute atomic E-state index is 12.6. The molecule has 0 aliphatic carbocycles. The topological polar surface area (TPSA) is 156 Å². The van der Waals surface area contributed by atoms with Gasteiger partial charge in [-0.1, -0.05) is 12.1 Å². The number of carboxylic acid groups (broad SMARTS) is 1. The van der Waals surface area contributed by atoms with Gasteiger partial charge in [-0.15, -0.1) is 0 Å². The van der Waals surface area contributed by atoms with E-state index in [0.717, 1.165) is 6.07 Å². The lowest BCUT2D eigenvalue weighted by Crippen LogP contribution is -2.14. The van der Waals surface area contributed by atoms with Gasteiger partial charge in [0.1, 0.15) is 28.9 Å². The summed E-state index contributed by atoms with van der Waals surface area (Å²) in [6, 6.07) is 14.6. The van der Waals surface area contributed by atoms with Crippen LogP contribution in [0.2, 0.25) is 0 Å². The molecule has 3 aromatic rings. The van der Waals surface area contributed by atoms with Crippen molar-refractivity contribution < 1.29 is 28.8 Å². The number of methoxy groups -OCH3 is 1. The van der Waals surface area contributed by atoms with Crippen molar-refractivity contribution >= 4 is 29.3 Å². The standard InChI is InChI=1S/C22H15N3O7/c1-31-20-8-6-16(25(29)30)11-18(20)24-21(26)15(12-23)10-17-7-9-19(32-17)13-2-4-14(5-3-13)22(27)28/h2-11H,1H3,(H,24,26)(H,27,28)/b15-10+. The number of aromatic carboxylic acids is 1. The summed E-state index contributed by atoms with van der Waals surface area (Å²) in [6.45, 7) is 0. The molecule has 160 valence electrons. The monoisotopic (exact) mass is 433 g/mol. The summed E-state index contributed by atoms with van der Waals surface area (Å²) in [5.41, 5.74) is 0.208. The number of nitro benzene ring substituents is 1. The van der Waals surface area contributed by atoms with E-state index in [4.69, 9.17) is 14.3 Å². The lowest BCUT2D eigenvalue weighted by Gasteiger charge is -2.09. The summed E-state index contributed by atoms with van der Waals surface area (Å²) in [4.78, 5) is 33.9. The maximum atomic E-state index is 12.6. The number of nitrogens with zero attached hydrogens (tertiary/aromatic N) is 2. The molecule has 0 fully saturated rings. The number of rotatable bonds is 7. The fourth-order valence-corrected chi connectivity index (χ4v) is 2.75. The number of amides is 1. The Morgan fingerprint density at radius 3 is 2.50 bits per heavy atom. The minimum Gasteiger partial charge on any atom is -0.495 e. The number of carboxylic acids is 1. The molecule has 0 bridgehead atoms. The van der Waals surface area contributed by atoms with E-state index < -0.39 is 16.8 Å². The lowest BCUT2D eigenvalue weighted by atomic mass is 10.1. The molecule has 32 heavy (non-hydrogen) atoms. The summed E-state index contributed by atoms with van der Waals surface area (Å²) in [6.07, 6.45) is 1.22. The molecule has 0 atom stereocenters. The minimum absolute atomic E-state index is 0.0338. The van der Waals surface area contributed by atoms with Crippen LogP contribution < -0.4 is 10.1 Å². The zero-order valence-corrected chi connectivity index (χ0v) is 16.6. The highest BCUT2D eigenvalue weighted by Gasteiger charge is 2.17. The highest BCUT2D eigenvalue weighted by molar-refractivity contribution is 6.10. The molecular weight excluding hydrogens is 418 g/mol. The average Bonchev–Trinajstić information content (AvgIpc) is 3.26. The highest BCUT2D eigenvalue weighted by Crippen LogP contribution is 2.29. The zero-order valence-electron chi connectivity index (χ0n) is 16.6. The molecule has 10 heteroatoms. The van der Waals surface area contributed by atoms with E-state index in [1.807, 2.05) is 0 Å². The van der Waals surface area contributed by atoms with E-state index >= 15 is 0 Å². The number of nitro groups is 1. The van der Waals surface area contributed by atoms with Crippen LogP contribution >= 0.6 is 0 Å². The SMILES string of the molecule is COc1ccc([N+](=O)[O-])cc1NC(=O)/C(C#N)=C/c1ccc(-c2ccc(C(=O)O)cc2)o1. The van der Waals surface area contributed by atoms with Crippen molar-refractivity contribution in [2.24, 2.45) is 0 Å². The van der Waals surface area contributed by atoms with Gasteiger partial charge in [0.2, 0.25) is 0 Å². The number of furan rings is 1. The molecule has 1 heterocycles. The second-order valence-corrected chi connectivity index (χ2v) is 6.35. The molecule has 1 aromatic heterocycles. The van der Waals surface area contributed by atoms with Crippen LogP contribution in [0.15, 0.2) is 64.6 Å². The fraction of sp³-hybridized carbons (Fsp3) is 0.0455. The number of anilines is 1. The lowest BCUT2D eigenvalue weighted by molar-refractivity contribution is -0.384. The van der Waals surface area contributed by atoms with Crippen molar-refractivity contribution in [1.29, 1.82) is 5.26 Å². The maximum Gasteiger partial charge on any atom is 0.335 e. The van der Waals surface area contributed by atoms with E-state index in [0.29, 0.717) is 11.3 Å². The number of benzene rings is 2. The smallest absolute Gasteiger partial charge is 0.335 e. The first kappa shape index (κ1) is 21.8. The summed E-state index contributed by atoms with van der Waals surface area (Å²) in [5.74, 6) is -1.06. The van der Waals surface area contributed by atoms with Gasteiger partial charge >= 0.3 is 5.97 Å². The number of nitriles is 1. The van der Waals surface area contributed by atoms with Crippen LogP contribution in [0, 0.1) is 21.4 Å². The van der Waals surface area contributed by atoms with E-state index in [1.165, 1.54) is 37.5 Å². The number of hydrogen-bond donors (Lipinski definition) is 2. The summed E-state index contributed by atoms with van der Waals surface area (Å²) in [5, 5.41) is 31.8. The van der Waals surface area contributed by atoms with Gasteiger partial charge in [-0.25, -0.2) is 4.79 Å². The Morgan fingerprint density at radius 1 is 1.19 bits per heavy atom. The molecule has 0 radical (unpaired) electrons. The van der Waals surface area contributed by atoms with E-state index in [9.17, 15) is 25.0 Å². The van der Waals surface area contributed by atoms with Crippen LogP contribution in [-0.4, -0.2) is 29.0 Å². The Labute approximate surface area is 181 Å². The second kappa shape index (κ2) is 9.27. The molecule has 10 nitrogen and oxygen atoms in total. The van der Waals surface area contributed by atoms with Crippen molar-refractivity contribution in [3.05, 3.63) is 81.6 Å². The van der Waals surface area contributed by atoms with Gasteiger partial charge in [0.05, 0.1) is 23.3 Å². The molecule has 0 spiro atoms. The van der Waals surface area contributed by atoms with Gasteiger partial charge in [-0.2, -0.15) is 5.26 Å². The van der Waals surface area contributed by atoms with Crippen molar-refractivity contribution in [2.45, 2.75) is 0 Å². The third-order valence-corrected chi connectivity index (χ3v) is 4.34. The van der Waals surface area contributed by atoms with Crippen LogP contribution in [0.1, 0.15) is 16.1 Å². The Kier molecular flexibility index (Phi) is 6.31. The first-order valence-corrected chi connectivity index (χ1v) is 9.01. The van der Waals surface area contributed by atoms with Crippen LogP contribution in [-0.2, 0) is 4.79 Å². The molecule has 3 rings (SSSR count). The average molecular weight is 433 g/mol. The molecular formula is C22H15N3O7. The molecule has 0 saturated carbocycles. The highest BCUT2D eigenvalue weighted by atomic mass is 16.6. The van der Waals surface area contributed by atoms with E-state index in [1.54, 1.807) is 30.3 Å². The van der Waals surface area contributed by atoms with Crippen LogP contribution in [0.5, 0.6) is 5.75 Å². The van der Waals surface area contributed by atoms with Crippen LogP contribution in [0.4, 0.5) is 11.4 Å². The Morgan fingerprint density at radius 2 is 1.91 bits per heavy atom. The van der Waals surface area contributed by atoms with Crippen molar-refractivity contribution in [1.82, 2.24) is 0 Å². The van der Waals surface area contributed by atoms with Gasteiger partial charge in [-0.3, -0.25) is 14.9 Å². The predicted octanol–water partition coefficient (Wildman–Crippen LogP) is 4.11. The Hall–Kier alpha value is -4.91. The molecule has 0 aliphatic heterocycles. The summed E-state index contributed by atoms with van der Waals surface area (Å²) in [7, 11) is 1.34.